The van der Waals surface area contributed by atoms with Crippen LogP contribution < -0.4 is 18.9 Å². The molecule has 38 heavy (non-hydrogen) atoms. The molecule has 0 spiro atoms. The number of fused-ring (bicyclic) bond motifs is 1. The molecule has 202 valence electrons. The van der Waals surface area contributed by atoms with Gasteiger partial charge in [0.1, 0.15) is 23.0 Å². The second kappa shape index (κ2) is 13.2. The highest BCUT2D eigenvalue weighted by Gasteiger charge is 2.26. The largest absolute Gasteiger partial charge is 0.508 e. The predicted octanol–water partition coefficient (Wildman–Crippen LogP) is 6.69. The van der Waals surface area contributed by atoms with E-state index in [1.165, 1.54) is 11.3 Å². The van der Waals surface area contributed by atoms with Gasteiger partial charge in [-0.15, -0.1) is 17.9 Å². The summed E-state index contributed by atoms with van der Waals surface area (Å²) in [5.41, 5.74) is 6.52. The smallest absolute Gasteiger partial charge is 0.496 e. The van der Waals surface area contributed by atoms with E-state index in [9.17, 15) is 4.79 Å². The summed E-state index contributed by atoms with van der Waals surface area (Å²) in [7, 11) is 1.65. The number of hydrogen-bond acceptors (Lipinski definition) is 8. The molecule has 1 atom stereocenters. The van der Waals surface area contributed by atoms with E-state index < -0.39 is 12.4 Å². The zero-order valence-electron chi connectivity index (χ0n) is 21.7. The van der Waals surface area contributed by atoms with Crippen molar-refractivity contribution in [3.8, 4) is 34.3 Å². The van der Waals surface area contributed by atoms with Gasteiger partial charge in [0.05, 0.1) is 31.5 Å². The molecule has 1 N–H and O–H groups in total. The van der Waals surface area contributed by atoms with Gasteiger partial charge in [-0.3, -0.25) is 0 Å². The zero-order chi connectivity index (χ0) is 26.9. The van der Waals surface area contributed by atoms with Gasteiger partial charge in [0.2, 0.25) is 6.29 Å². The molecule has 2 heterocycles. The number of benzene rings is 2. The maximum Gasteiger partial charge on any atom is 0.508 e. The van der Waals surface area contributed by atoms with Crippen molar-refractivity contribution in [2.75, 3.05) is 20.3 Å². The number of carbonyl (C=O) groups is 1. The van der Waals surface area contributed by atoms with Gasteiger partial charge in [0.15, 0.2) is 0 Å². The molecule has 0 bridgehead atoms. The van der Waals surface area contributed by atoms with E-state index in [0.717, 1.165) is 58.0 Å². The molecular weight excluding hydrogens is 506 g/mol. The van der Waals surface area contributed by atoms with E-state index in [2.05, 4.69) is 18.5 Å². The third kappa shape index (κ3) is 6.39. The van der Waals surface area contributed by atoms with Crippen molar-refractivity contribution in [2.24, 2.45) is 0 Å². The van der Waals surface area contributed by atoms with Crippen LogP contribution in [0.25, 0.3) is 11.3 Å². The van der Waals surface area contributed by atoms with Gasteiger partial charge in [0, 0.05) is 34.9 Å². The maximum atomic E-state index is 11.0. The Morgan fingerprint density at radius 2 is 1.97 bits per heavy atom. The fourth-order valence-electron chi connectivity index (χ4n) is 4.57. The third-order valence-corrected chi connectivity index (χ3v) is 6.80. The number of rotatable bonds is 13. The topological polar surface area (TPSA) is 96.3 Å². The van der Waals surface area contributed by atoms with Crippen molar-refractivity contribution < 1.29 is 33.6 Å². The van der Waals surface area contributed by atoms with E-state index in [-0.39, 0.29) is 0 Å². The monoisotopic (exact) mass is 539 g/mol. The van der Waals surface area contributed by atoms with Crippen molar-refractivity contribution in [1.29, 1.82) is 0 Å². The Hall–Kier alpha value is -3.72. The van der Waals surface area contributed by atoms with Crippen LogP contribution in [0, 0.1) is 0 Å². The summed E-state index contributed by atoms with van der Waals surface area (Å²) >= 11 is 1.54. The van der Waals surface area contributed by atoms with Gasteiger partial charge in [-0.1, -0.05) is 25.5 Å². The molecule has 1 unspecified atom stereocenters. The summed E-state index contributed by atoms with van der Waals surface area (Å²) in [6.45, 7) is 6.89. The lowest BCUT2D eigenvalue weighted by molar-refractivity contribution is -0.0640. The van der Waals surface area contributed by atoms with Crippen LogP contribution in [0.15, 0.2) is 47.8 Å². The highest BCUT2D eigenvalue weighted by atomic mass is 32.1. The maximum absolute atomic E-state index is 11.0. The standard InChI is InChI=1S/C29H33NO7S/c1-4-7-21-24(12-9-19-10-14-26(36-27(19)21)37-29(31)32)34-15-6-16-35-25-13-11-20(23-17-38-18-30-23)28(33-3)22(25)8-5-2/h5,9,11-13,17-18,26H,2,4,6-8,10,14-16H2,1,3H3,(H,31,32). The molecule has 3 aromatic rings. The molecule has 2 aromatic carbocycles. The average Bonchev–Trinajstić information content (AvgIpc) is 3.45. The van der Waals surface area contributed by atoms with Gasteiger partial charge in [-0.2, -0.15) is 0 Å². The first-order valence-corrected chi connectivity index (χ1v) is 13.7. The van der Waals surface area contributed by atoms with E-state index >= 15 is 0 Å². The van der Waals surface area contributed by atoms with E-state index in [4.69, 9.17) is 28.8 Å². The molecule has 0 amide bonds. The second-order valence-corrected chi connectivity index (χ2v) is 9.51. The Labute approximate surface area is 226 Å². The van der Waals surface area contributed by atoms with Crippen LogP contribution in [0.1, 0.15) is 42.9 Å². The number of allylic oxidation sites excluding steroid dienone is 1. The molecule has 0 saturated carbocycles. The van der Waals surface area contributed by atoms with Crippen molar-refractivity contribution >= 4 is 17.5 Å². The number of hydrogen-bond donors (Lipinski definition) is 1. The Bertz CT molecular complexity index is 1240. The average molecular weight is 540 g/mol. The lowest BCUT2D eigenvalue weighted by Crippen LogP contribution is -2.28. The number of aryl methyl sites for hydroxylation is 1. The van der Waals surface area contributed by atoms with Gasteiger partial charge in [0.25, 0.3) is 0 Å². The Kier molecular flexibility index (Phi) is 9.48. The van der Waals surface area contributed by atoms with Crippen molar-refractivity contribution in [2.45, 2.75) is 51.7 Å². The third-order valence-electron chi connectivity index (χ3n) is 6.21. The SMILES string of the molecule is C=CCc1c(OCCCOc2ccc3c(c2CCC)OC(OC(=O)O)CC3)ccc(-c2cscn2)c1OC. The minimum absolute atomic E-state index is 0.454. The van der Waals surface area contributed by atoms with Gasteiger partial charge in [-0.05, 0) is 43.0 Å². The molecule has 0 saturated heterocycles. The number of ether oxygens (including phenoxy) is 5. The first-order chi connectivity index (χ1) is 18.5. The molecule has 4 rings (SSSR count). The second-order valence-electron chi connectivity index (χ2n) is 8.79. The van der Waals surface area contributed by atoms with Gasteiger partial charge < -0.3 is 28.8 Å². The molecule has 1 aliphatic heterocycles. The van der Waals surface area contributed by atoms with Crippen molar-refractivity contribution in [1.82, 2.24) is 4.98 Å². The summed E-state index contributed by atoms with van der Waals surface area (Å²) in [5, 5.41) is 11.0. The summed E-state index contributed by atoms with van der Waals surface area (Å²) in [4.78, 5) is 15.4. The molecule has 0 fully saturated rings. The van der Waals surface area contributed by atoms with Gasteiger partial charge in [-0.25, -0.2) is 9.78 Å². The molecule has 9 heteroatoms. The van der Waals surface area contributed by atoms with Crippen LogP contribution in [0.4, 0.5) is 4.79 Å². The van der Waals surface area contributed by atoms with Gasteiger partial charge >= 0.3 is 6.16 Å². The first-order valence-electron chi connectivity index (χ1n) is 12.7. The normalized spacial score (nSPS) is 14.2. The first kappa shape index (κ1) is 27.3. The van der Waals surface area contributed by atoms with Crippen LogP contribution in [0.3, 0.4) is 0 Å². The van der Waals surface area contributed by atoms with E-state index in [1.54, 1.807) is 12.6 Å². The number of aromatic nitrogens is 1. The lowest BCUT2D eigenvalue weighted by Gasteiger charge is -2.27. The minimum Gasteiger partial charge on any atom is -0.496 e. The van der Waals surface area contributed by atoms with Crippen LogP contribution in [0.5, 0.6) is 23.0 Å². The predicted molar refractivity (Wildman–Crippen MR) is 146 cm³/mol. The molecule has 1 aliphatic rings. The fraction of sp³-hybridized carbons (Fsp3) is 0.379. The van der Waals surface area contributed by atoms with Crippen LogP contribution in [-0.2, 0) is 24.0 Å². The van der Waals surface area contributed by atoms with E-state index in [0.29, 0.717) is 44.6 Å². The van der Waals surface area contributed by atoms with Crippen LogP contribution in [-0.4, -0.2) is 42.9 Å². The summed E-state index contributed by atoms with van der Waals surface area (Å²) in [6, 6.07) is 7.87. The molecule has 1 aromatic heterocycles. The van der Waals surface area contributed by atoms with Crippen molar-refractivity contribution in [3.05, 3.63) is 64.5 Å². The molecular formula is C29H33NO7S. The highest BCUT2D eigenvalue weighted by molar-refractivity contribution is 7.07. The fourth-order valence-corrected chi connectivity index (χ4v) is 5.12. The number of thiazole rings is 1. The molecule has 0 aliphatic carbocycles. The molecule has 0 radical (unpaired) electrons. The highest BCUT2D eigenvalue weighted by Crippen LogP contribution is 2.40. The summed E-state index contributed by atoms with van der Waals surface area (Å²) in [6.07, 6.45) is 3.80. The van der Waals surface area contributed by atoms with Crippen LogP contribution >= 0.6 is 11.3 Å². The Balaban J connectivity index is 1.40. The Morgan fingerprint density at radius 3 is 2.63 bits per heavy atom. The van der Waals surface area contributed by atoms with Crippen LogP contribution in [0.2, 0.25) is 0 Å². The quantitative estimate of drug-likeness (QED) is 0.146. The number of nitrogens with zero attached hydrogens (tertiary/aromatic N) is 1. The summed E-state index contributed by atoms with van der Waals surface area (Å²) in [5.74, 6) is 2.91. The minimum atomic E-state index is -1.34. The van der Waals surface area contributed by atoms with E-state index in [1.807, 2.05) is 35.7 Å². The Morgan fingerprint density at radius 1 is 1.21 bits per heavy atom. The van der Waals surface area contributed by atoms with Crippen molar-refractivity contribution in [3.63, 3.8) is 0 Å². The summed E-state index contributed by atoms with van der Waals surface area (Å²) < 4.78 is 28.8. The molecule has 8 nitrogen and oxygen atoms in total. The lowest BCUT2D eigenvalue weighted by atomic mass is 9.98. The number of carboxylic acid groups (broad SMARTS) is 1. The zero-order valence-corrected chi connectivity index (χ0v) is 22.6. The number of methoxy groups -OCH3 is 1.